The number of carbonyl (C=O) groups excluding carboxylic acids is 1. The van der Waals surface area contributed by atoms with E-state index in [0.29, 0.717) is 13.0 Å². The summed E-state index contributed by atoms with van der Waals surface area (Å²) in [7, 11) is 0. The monoisotopic (exact) mass is 137 g/mol. The maximum Gasteiger partial charge on any atom is 0.224 e. The van der Waals surface area contributed by atoms with Gasteiger partial charge in [-0.15, -0.1) is 6.42 Å². The van der Waals surface area contributed by atoms with Crippen LogP contribution >= 0.6 is 0 Å². The molecular weight excluding hydrogens is 126 g/mol. The van der Waals surface area contributed by atoms with Gasteiger partial charge in [0.2, 0.25) is 5.91 Å². The van der Waals surface area contributed by atoms with Crippen LogP contribution < -0.4 is 5.32 Å². The summed E-state index contributed by atoms with van der Waals surface area (Å²) in [5, 5.41) is 2.53. The molecule has 0 aromatic rings. The lowest BCUT2D eigenvalue weighted by atomic mass is 10.2. The number of hydrogen-bond donors (Lipinski definition) is 1. The topological polar surface area (TPSA) is 29.1 Å². The van der Waals surface area contributed by atoms with Crippen molar-refractivity contribution in [2.45, 2.75) is 13.3 Å². The van der Waals surface area contributed by atoms with Gasteiger partial charge >= 0.3 is 0 Å². The molecule has 1 amide bonds. The second kappa shape index (κ2) is 4.63. The SMILES string of the molecule is C#CCNC(=O)CC(=C)C. The molecule has 0 atom stereocenters. The van der Waals surface area contributed by atoms with Gasteiger partial charge in [0.1, 0.15) is 0 Å². The van der Waals surface area contributed by atoms with Crippen LogP contribution in [0.5, 0.6) is 0 Å². The number of nitrogens with one attached hydrogen (secondary N) is 1. The summed E-state index contributed by atoms with van der Waals surface area (Å²) in [6, 6.07) is 0. The molecule has 0 saturated carbocycles. The van der Waals surface area contributed by atoms with Crippen molar-refractivity contribution in [1.29, 1.82) is 0 Å². The van der Waals surface area contributed by atoms with Gasteiger partial charge in [-0.2, -0.15) is 0 Å². The first-order valence-corrected chi connectivity index (χ1v) is 3.01. The van der Waals surface area contributed by atoms with Gasteiger partial charge in [0.15, 0.2) is 0 Å². The van der Waals surface area contributed by atoms with Crippen LogP contribution in [0, 0.1) is 12.3 Å². The van der Waals surface area contributed by atoms with Crippen molar-refractivity contribution in [2.75, 3.05) is 6.54 Å². The summed E-state index contributed by atoms with van der Waals surface area (Å²) in [4.78, 5) is 10.7. The molecule has 2 heteroatoms. The molecular formula is C8H11NO. The molecule has 0 fully saturated rings. The highest BCUT2D eigenvalue weighted by Crippen LogP contribution is 1.92. The minimum absolute atomic E-state index is 0.0644. The molecule has 0 bridgehead atoms. The number of carbonyl (C=O) groups is 1. The fraction of sp³-hybridized carbons (Fsp3) is 0.375. The van der Waals surface area contributed by atoms with E-state index in [-0.39, 0.29) is 5.91 Å². The van der Waals surface area contributed by atoms with Crippen molar-refractivity contribution < 1.29 is 4.79 Å². The third-order valence-electron chi connectivity index (χ3n) is 0.850. The predicted octanol–water partition coefficient (Wildman–Crippen LogP) is 0.702. The van der Waals surface area contributed by atoms with Crippen LogP contribution in [0.25, 0.3) is 0 Å². The van der Waals surface area contributed by atoms with Gasteiger partial charge in [0.25, 0.3) is 0 Å². The van der Waals surface area contributed by atoms with Crippen molar-refractivity contribution >= 4 is 5.91 Å². The van der Waals surface area contributed by atoms with Crippen LogP contribution in [0.1, 0.15) is 13.3 Å². The molecule has 0 spiro atoms. The number of terminal acetylenes is 1. The minimum atomic E-state index is -0.0644. The predicted molar refractivity (Wildman–Crippen MR) is 41.3 cm³/mol. The van der Waals surface area contributed by atoms with Crippen molar-refractivity contribution in [3.05, 3.63) is 12.2 Å². The second-order valence-electron chi connectivity index (χ2n) is 2.11. The van der Waals surface area contributed by atoms with Crippen LogP contribution in [0.4, 0.5) is 0 Å². The van der Waals surface area contributed by atoms with Crippen LogP contribution in [0.2, 0.25) is 0 Å². The highest BCUT2D eigenvalue weighted by molar-refractivity contribution is 5.78. The number of rotatable bonds is 3. The van der Waals surface area contributed by atoms with Gasteiger partial charge in [-0.05, 0) is 6.92 Å². The molecule has 0 radical (unpaired) electrons. The Morgan fingerprint density at radius 2 is 2.40 bits per heavy atom. The van der Waals surface area contributed by atoms with Gasteiger partial charge in [-0.1, -0.05) is 18.1 Å². The van der Waals surface area contributed by atoms with Crippen LogP contribution in [0.15, 0.2) is 12.2 Å². The third kappa shape index (κ3) is 4.92. The maximum absolute atomic E-state index is 10.7. The van der Waals surface area contributed by atoms with E-state index in [4.69, 9.17) is 6.42 Å². The summed E-state index contributed by atoms with van der Waals surface area (Å²) in [5.41, 5.74) is 0.842. The number of hydrogen-bond acceptors (Lipinski definition) is 1. The fourth-order valence-corrected chi connectivity index (χ4v) is 0.486. The molecule has 0 unspecified atom stereocenters. The lowest BCUT2D eigenvalue weighted by molar-refractivity contribution is -0.120. The lowest BCUT2D eigenvalue weighted by Crippen LogP contribution is -2.23. The molecule has 0 aliphatic rings. The van der Waals surface area contributed by atoms with Crippen molar-refractivity contribution in [3.63, 3.8) is 0 Å². The van der Waals surface area contributed by atoms with Crippen LogP contribution in [-0.4, -0.2) is 12.5 Å². The zero-order chi connectivity index (χ0) is 7.98. The molecule has 0 rings (SSSR count). The zero-order valence-corrected chi connectivity index (χ0v) is 6.11. The van der Waals surface area contributed by atoms with E-state index in [9.17, 15) is 4.79 Å². The Kier molecular flexibility index (Phi) is 4.06. The van der Waals surface area contributed by atoms with Crippen molar-refractivity contribution in [3.8, 4) is 12.3 Å². The molecule has 0 heterocycles. The Bertz CT molecular complexity index is 176. The molecule has 54 valence electrons. The summed E-state index contributed by atoms with van der Waals surface area (Å²) in [6.45, 7) is 5.69. The van der Waals surface area contributed by atoms with E-state index in [1.54, 1.807) is 6.92 Å². The van der Waals surface area contributed by atoms with Crippen LogP contribution in [-0.2, 0) is 4.79 Å². The van der Waals surface area contributed by atoms with Gasteiger partial charge in [0, 0.05) is 6.42 Å². The molecule has 0 saturated heterocycles. The van der Waals surface area contributed by atoms with E-state index < -0.39 is 0 Å². The van der Waals surface area contributed by atoms with E-state index in [1.165, 1.54) is 0 Å². The smallest absolute Gasteiger partial charge is 0.224 e. The molecule has 2 nitrogen and oxygen atoms in total. The molecule has 10 heavy (non-hydrogen) atoms. The lowest BCUT2D eigenvalue weighted by Gasteiger charge is -1.98. The normalized spacial score (nSPS) is 8.00. The zero-order valence-electron chi connectivity index (χ0n) is 6.11. The van der Waals surface area contributed by atoms with Gasteiger partial charge in [-0.25, -0.2) is 0 Å². The average Bonchev–Trinajstić information content (AvgIpc) is 1.82. The molecule has 0 aromatic heterocycles. The highest BCUT2D eigenvalue weighted by Gasteiger charge is 1.97. The Labute approximate surface area is 61.3 Å². The molecule has 1 N–H and O–H groups in total. The average molecular weight is 137 g/mol. The third-order valence-corrected chi connectivity index (χ3v) is 0.850. The second-order valence-corrected chi connectivity index (χ2v) is 2.11. The van der Waals surface area contributed by atoms with Gasteiger partial charge < -0.3 is 5.32 Å². The first-order chi connectivity index (χ1) is 4.66. The minimum Gasteiger partial charge on any atom is -0.345 e. The molecule has 0 aliphatic heterocycles. The molecule has 0 aromatic carbocycles. The maximum atomic E-state index is 10.7. The standard InChI is InChI=1S/C8H11NO/c1-4-5-9-8(10)6-7(2)3/h1H,2,5-6H2,3H3,(H,9,10). The Balaban J connectivity index is 3.47. The van der Waals surface area contributed by atoms with Crippen molar-refractivity contribution in [1.82, 2.24) is 5.32 Å². The Morgan fingerprint density at radius 3 is 2.80 bits per heavy atom. The largest absolute Gasteiger partial charge is 0.345 e. The first kappa shape index (κ1) is 8.77. The molecule has 0 aliphatic carbocycles. The van der Waals surface area contributed by atoms with E-state index in [2.05, 4.69) is 17.8 Å². The van der Waals surface area contributed by atoms with Gasteiger partial charge in [0.05, 0.1) is 6.54 Å². The van der Waals surface area contributed by atoms with Crippen molar-refractivity contribution in [2.24, 2.45) is 0 Å². The quantitative estimate of drug-likeness (QED) is 0.450. The first-order valence-electron chi connectivity index (χ1n) is 3.01. The Hall–Kier alpha value is -1.23. The highest BCUT2D eigenvalue weighted by atomic mass is 16.1. The Morgan fingerprint density at radius 1 is 1.80 bits per heavy atom. The van der Waals surface area contributed by atoms with Crippen LogP contribution in [0.3, 0.4) is 0 Å². The number of amides is 1. The van der Waals surface area contributed by atoms with E-state index >= 15 is 0 Å². The summed E-state index contributed by atoms with van der Waals surface area (Å²) in [5.74, 6) is 2.25. The van der Waals surface area contributed by atoms with E-state index in [0.717, 1.165) is 5.57 Å². The van der Waals surface area contributed by atoms with E-state index in [1.807, 2.05) is 0 Å². The van der Waals surface area contributed by atoms with Gasteiger partial charge in [-0.3, -0.25) is 4.79 Å². The summed E-state index contributed by atoms with van der Waals surface area (Å²) in [6.07, 6.45) is 5.28. The summed E-state index contributed by atoms with van der Waals surface area (Å²) >= 11 is 0. The fourth-order valence-electron chi connectivity index (χ4n) is 0.486. The summed E-state index contributed by atoms with van der Waals surface area (Å²) < 4.78 is 0.